The number of nitrogens with one attached hydrogen (secondary N) is 2. The summed E-state index contributed by atoms with van der Waals surface area (Å²) >= 11 is 12.0. The number of hydrogen-bond acceptors (Lipinski definition) is 5. The number of benzene rings is 1. The van der Waals surface area contributed by atoms with Gasteiger partial charge in [0.25, 0.3) is 0 Å². The van der Waals surface area contributed by atoms with E-state index >= 15 is 0 Å². The van der Waals surface area contributed by atoms with Crippen molar-refractivity contribution < 1.29 is 32.7 Å². The quantitative estimate of drug-likeness (QED) is 0.434. The van der Waals surface area contributed by atoms with E-state index in [0.29, 0.717) is 28.6 Å². The maximum Gasteiger partial charge on any atom is 0.490 e. The zero-order valence-corrected chi connectivity index (χ0v) is 17.6. The van der Waals surface area contributed by atoms with E-state index in [1.165, 1.54) is 7.11 Å². The number of carbonyl (C=O) groups excluding carboxylic acids is 1. The first-order valence-corrected chi connectivity index (χ1v) is 9.65. The first kappa shape index (κ1) is 26.0. The van der Waals surface area contributed by atoms with Crippen LogP contribution < -0.4 is 10.6 Å². The predicted octanol–water partition coefficient (Wildman–Crippen LogP) is 3.63. The van der Waals surface area contributed by atoms with E-state index in [2.05, 4.69) is 15.8 Å². The Balaban J connectivity index is 0.000000553. The number of hydrogen-bond donors (Lipinski definition) is 3. The zero-order valence-electron chi connectivity index (χ0n) is 16.1. The number of rotatable bonds is 6. The van der Waals surface area contributed by atoms with Gasteiger partial charge in [0.15, 0.2) is 0 Å². The van der Waals surface area contributed by atoms with Crippen molar-refractivity contribution in [3.05, 3.63) is 33.8 Å². The third kappa shape index (κ3) is 9.64. The van der Waals surface area contributed by atoms with E-state index in [1.54, 1.807) is 12.1 Å². The van der Waals surface area contributed by atoms with E-state index in [-0.39, 0.29) is 11.9 Å². The van der Waals surface area contributed by atoms with E-state index in [0.717, 1.165) is 31.5 Å². The monoisotopic (exact) mass is 471 g/mol. The number of amides is 1. The third-order valence-electron chi connectivity index (χ3n) is 3.99. The maximum atomic E-state index is 12.1. The second-order valence-corrected chi connectivity index (χ2v) is 7.06. The van der Waals surface area contributed by atoms with Crippen LogP contribution in [0.2, 0.25) is 10.0 Å². The molecule has 3 N–H and O–H groups in total. The average molecular weight is 472 g/mol. The largest absolute Gasteiger partial charge is 0.490 e. The van der Waals surface area contributed by atoms with E-state index in [9.17, 15) is 18.0 Å². The summed E-state index contributed by atoms with van der Waals surface area (Å²) in [6, 6.07) is 5.51. The summed E-state index contributed by atoms with van der Waals surface area (Å²) in [5.74, 6) is -2.73. The molecule has 1 heterocycles. The summed E-state index contributed by atoms with van der Waals surface area (Å²) < 4.78 is 31.7. The van der Waals surface area contributed by atoms with Crippen LogP contribution in [0.5, 0.6) is 0 Å². The molecule has 1 saturated heterocycles. The number of piperidine rings is 1. The minimum atomic E-state index is -5.08. The van der Waals surface area contributed by atoms with Crippen molar-refractivity contribution in [2.24, 2.45) is 5.16 Å². The molecule has 1 aromatic rings. The Bertz CT molecular complexity index is 755. The lowest BCUT2D eigenvalue weighted by Crippen LogP contribution is -2.42. The number of alkyl halides is 3. The number of carboxylic acid groups (broad SMARTS) is 1. The second-order valence-electron chi connectivity index (χ2n) is 6.24. The summed E-state index contributed by atoms with van der Waals surface area (Å²) in [7, 11) is 1.48. The van der Waals surface area contributed by atoms with Gasteiger partial charge in [-0.2, -0.15) is 13.2 Å². The number of halogens is 5. The van der Waals surface area contributed by atoms with Crippen LogP contribution >= 0.6 is 23.2 Å². The van der Waals surface area contributed by atoms with Crippen molar-refractivity contribution in [1.82, 2.24) is 10.6 Å². The third-order valence-corrected chi connectivity index (χ3v) is 4.73. The van der Waals surface area contributed by atoms with Gasteiger partial charge in [-0.05, 0) is 38.1 Å². The summed E-state index contributed by atoms with van der Waals surface area (Å²) in [5.41, 5.74) is 1.47. The molecule has 0 saturated carbocycles. The summed E-state index contributed by atoms with van der Waals surface area (Å²) in [5, 5.41) is 18.4. The molecule has 0 radical (unpaired) electrons. The molecule has 1 aromatic carbocycles. The smallest absolute Gasteiger partial charge is 0.475 e. The molecule has 1 aliphatic heterocycles. The van der Waals surface area contributed by atoms with Gasteiger partial charge in [0.2, 0.25) is 5.91 Å². The van der Waals surface area contributed by atoms with Gasteiger partial charge < -0.3 is 20.6 Å². The number of nitrogens with zero attached hydrogens (tertiary/aromatic N) is 1. The van der Waals surface area contributed by atoms with Crippen molar-refractivity contribution in [3.8, 4) is 0 Å². The van der Waals surface area contributed by atoms with Crippen LogP contribution in [0.4, 0.5) is 13.2 Å². The highest BCUT2D eigenvalue weighted by Gasteiger charge is 2.38. The highest BCUT2D eigenvalue weighted by Crippen LogP contribution is 2.23. The average Bonchev–Trinajstić information content (AvgIpc) is 2.68. The van der Waals surface area contributed by atoms with Crippen molar-refractivity contribution in [2.45, 2.75) is 37.9 Å². The first-order chi connectivity index (χ1) is 14.0. The number of carboxylic acids is 1. The van der Waals surface area contributed by atoms with Crippen molar-refractivity contribution in [1.29, 1.82) is 0 Å². The van der Waals surface area contributed by atoms with E-state index in [4.69, 9.17) is 37.9 Å². The first-order valence-electron chi connectivity index (χ1n) is 8.90. The molecule has 1 fully saturated rings. The molecular weight excluding hydrogens is 450 g/mol. The molecule has 168 valence electrons. The minimum Gasteiger partial charge on any atom is -0.475 e. The molecule has 0 aliphatic carbocycles. The fourth-order valence-corrected chi connectivity index (χ4v) is 2.82. The van der Waals surface area contributed by atoms with Crippen LogP contribution in [0.15, 0.2) is 23.4 Å². The van der Waals surface area contributed by atoms with Gasteiger partial charge in [-0.25, -0.2) is 4.79 Å². The second kappa shape index (κ2) is 12.6. The molecule has 1 amide bonds. The molecule has 0 atom stereocenters. The Hall–Kier alpha value is -2.04. The van der Waals surface area contributed by atoms with Crippen molar-refractivity contribution >= 4 is 40.8 Å². The molecule has 0 spiro atoms. The van der Waals surface area contributed by atoms with Gasteiger partial charge in [0, 0.05) is 24.4 Å². The fraction of sp³-hybridized carbons (Fsp3) is 0.500. The number of oxime groups is 1. The van der Waals surface area contributed by atoms with Gasteiger partial charge in [0.1, 0.15) is 7.11 Å². The van der Waals surface area contributed by atoms with Crippen molar-refractivity contribution in [2.75, 3.05) is 20.2 Å². The Morgan fingerprint density at radius 2 is 1.83 bits per heavy atom. The Morgan fingerprint density at radius 1 is 1.23 bits per heavy atom. The Morgan fingerprint density at radius 3 is 2.33 bits per heavy atom. The summed E-state index contributed by atoms with van der Waals surface area (Å²) in [6.07, 6.45) is -2.32. The van der Waals surface area contributed by atoms with E-state index in [1.807, 2.05) is 6.07 Å². The molecule has 0 bridgehead atoms. The zero-order chi connectivity index (χ0) is 22.7. The van der Waals surface area contributed by atoms with Crippen LogP contribution in [0.1, 0.15) is 31.2 Å². The minimum absolute atomic E-state index is 0.0285. The van der Waals surface area contributed by atoms with Crippen LogP contribution in [-0.2, 0) is 14.4 Å². The van der Waals surface area contributed by atoms with Crippen LogP contribution in [0, 0.1) is 0 Å². The summed E-state index contributed by atoms with van der Waals surface area (Å²) in [6.45, 7) is 1.90. The van der Waals surface area contributed by atoms with Gasteiger partial charge in [-0.1, -0.05) is 34.4 Å². The number of carbonyl (C=O) groups is 2. The van der Waals surface area contributed by atoms with Crippen LogP contribution in [0.3, 0.4) is 0 Å². The highest BCUT2D eigenvalue weighted by atomic mass is 35.5. The highest BCUT2D eigenvalue weighted by molar-refractivity contribution is 6.42. The number of aliphatic carboxylic acids is 1. The molecule has 1 aliphatic rings. The predicted molar refractivity (Wildman–Crippen MR) is 107 cm³/mol. The maximum absolute atomic E-state index is 12.1. The van der Waals surface area contributed by atoms with Gasteiger partial charge in [-0.3, -0.25) is 4.79 Å². The molecule has 12 heteroatoms. The topological polar surface area (TPSA) is 100 Å². The normalized spacial score (nSPS) is 15.1. The lowest BCUT2D eigenvalue weighted by molar-refractivity contribution is -0.192. The SMILES string of the molecule is CO/N=C(/CCC(=O)NC1CCNCC1)c1ccc(Cl)c(Cl)c1.O=C(O)C(F)(F)F. The Kier molecular flexibility index (Phi) is 10.9. The Labute approximate surface area is 181 Å². The van der Waals surface area contributed by atoms with E-state index < -0.39 is 12.1 Å². The molecule has 0 aromatic heterocycles. The lowest BCUT2D eigenvalue weighted by Gasteiger charge is -2.23. The summed E-state index contributed by atoms with van der Waals surface area (Å²) in [4.78, 5) is 25.9. The fourth-order valence-electron chi connectivity index (χ4n) is 2.53. The van der Waals surface area contributed by atoms with Gasteiger partial charge in [0.05, 0.1) is 15.8 Å². The van der Waals surface area contributed by atoms with Crippen molar-refractivity contribution in [3.63, 3.8) is 0 Å². The van der Waals surface area contributed by atoms with Gasteiger partial charge >= 0.3 is 12.1 Å². The molecule has 0 unspecified atom stereocenters. The molecule has 30 heavy (non-hydrogen) atoms. The molecule has 2 rings (SSSR count). The standard InChI is InChI=1S/C16H21Cl2N3O2.C2HF3O2/c1-23-21-15(11-2-3-13(17)14(18)10-11)4-5-16(22)20-12-6-8-19-9-7-12;3-2(4,5)1(6)7/h2-3,10,12,19H,4-9H2,1H3,(H,20,22);(H,6,7)/b21-15-;. The van der Waals surface area contributed by atoms with Crippen LogP contribution in [0.25, 0.3) is 0 Å². The lowest BCUT2D eigenvalue weighted by atomic mass is 10.0. The molecule has 7 nitrogen and oxygen atoms in total. The van der Waals surface area contributed by atoms with Gasteiger partial charge in [-0.15, -0.1) is 0 Å². The molecular formula is C18H22Cl2F3N3O4. The van der Waals surface area contributed by atoms with Crippen LogP contribution in [-0.4, -0.2) is 55.1 Å².